The zero-order chi connectivity index (χ0) is 15.8. The van der Waals surface area contributed by atoms with Crippen molar-refractivity contribution in [3.8, 4) is 0 Å². The molecule has 5 heteroatoms. The number of para-hydroxylation sites is 2. The van der Waals surface area contributed by atoms with Gasteiger partial charge in [0.15, 0.2) is 0 Å². The molecular formula is C18H15N3OS. The topological polar surface area (TPSA) is 46.9 Å². The van der Waals surface area contributed by atoms with E-state index in [9.17, 15) is 4.79 Å². The van der Waals surface area contributed by atoms with Crippen molar-refractivity contribution < 1.29 is 4.79 Å². The van der Waals surface area contributed by atoms with Crippen molar-refractivity contribution in [3.63, 3.8) is 0 Å². The molecule has 0 saturated carbocycles. The third kappa shape index (κ3) is 2.49. The maximum Gasteiger partial charge on any atom is 0.261 e. The van der Waals surface area contributed by atoms with E-state index in [1.165, 1.54) is 11.3 Å². The van der Waals surface area contributed by atoms with Crippen molar-refractivity contribution in [1.82, 2.24) is 14.9 Å². The maximum atomic E-state index is 12.4. The number of aryl methyl sites for hydroxylation is 1. The molecule has 0 bridgehead atoms. The Bertz CT molecular complexity index is 982. The summed E-state index contributed by atoms with van der Waals surface area (Å²) in [5.41, 5.74) is 2.01. The Morgan fingerprint density at radius 3 is 2.78 bits per heavy atom. The molecule has 0 aliphatic carbocycles. The first-order chi connectivity index (χ1) is 11.2. The molecule has 0 fully saturated rings. The molecule has 2 heterocycles. The Kier molecular flexibility index (Phi) is 3.35. The van der Waals surface area contributed by atoms with Crippen LogP contribution in [0.25, 0.3) is 21.1 Å². The number of imidazole rings is 1. The first-order valence-corrected chi connectivity index (χ1v) is 8.21. The lowest BCUT2D eigenvalue weighted by Gasteiger charge is -2.04. The zero-order valence-corrected chi connectivity index (χ0v) is 13.4. The number of nitrogens with one attached hydrogen (secondary N) is 1. The molecule has 4 aromatic rings. The molecule has 4 rings (SSSR count). The Morgan fingerprint density at radius 2 is 1.96 bits per heavy atom. The van der Waals surface area contributed by atoms with Crippen molar-refractivity contribution >= 4 is 38.4 Å². The fourth-order valence-electron chi connectivity index (χ4n) is 2.69. The second-order valence-corrected chi connectivity index (χ2v) is 6.49. The molecular weight excluding hydrogens is 306 g/mol. The van der Waals surface area contributed by atoms with Crippen molar-refractivity contribution in [2.24, 2.45) is 7.05 Å². The lowest BCUT2D eigenvalue weighted by Crippen LogP contribution is -2.23. The number of benzene rings is 2. The van der Waals surface area contributed by atoms with Crippen molar-refractivity contribution in [1.29, 1.82) is 0 Å². The third-order valence-electron chi connectivity index (χ3n) is 3.94. The summed E-state index contributed by atoms with van der Waals surface area (Å²) in [6.45, 7) is 0.415. The van der Waals surface area contributed by atoms with Crippen LogP contribution in [0.15, 0.2) is 54.6 Å². The predicted octanol–water partition coefficient (Wildman–Crippen LogP) is 3.72. The molecule has 0 aliphatic rings. The van der Waals surface area contributed by atoms with Crippen LogP contribution in [-0.2, 0) is 13.6 Å². The first kappa shape index (κ1) is 14.0. The number of hydrogen-bond acceptors (Lipinski definition) is 3. The Labute approximate surface area is 137 Å². The number of hydrogen-bond donors (Lipinski definition) is 1. The Hall–Kier alpha value is -2.66. The second kappa shape index (κ2) is 5.52. The van der Waals surface area contributed by atoms with E-state index in [1.54, 1.807) is 0 Å². The zero-order valence-electron chi connectivity index (χ0n) is 12.6. The Morgan fingerprint density at radius 1 is 1.17 bits per heavy atom. The Balaban J connectivity index is 1.55. The van der Waals surface area contributed by atoms with Gasteiger partial charge in [-0.1, -0.05) is 30.3 Å². The highest BCUT2D eigenvalue weighted by Gasteiger charge is 2.12. The van der Waals surface area contributed by atoms with E-state index in [1.807, 2.05) is 66.2 Å². The van der Waals surface area contributed by atoms with Crippen LogP contribution in [0, 0.1) is 0 Å². The highest BCUT2D eigenvalue weighted by Crippen LogP contribution is 2.25. The van der Waals surface area contributed by atoms with Crippen LogP contribution >= 0.6 is 11.3 Å². The number of rotatable bonds is 3. The van der Waals surface area contributed by atoms with E-state index in [-0.39, 0.29) is 5.91 Å². The smallest absolute Gasteiger partial charge is 0.261 e. The number of carbonyl (C=O) groups excluding carboxylic acids is 1. The highest BCUT2D eigenvalue weighted by molar-refractivity contribution is 7.20. The first-order valence-electron chi connectivity index (χ1n) is 7.39. The van der Waals surface area contributed by atoms with Crippen LogP contribution in [0.3, 0.4) is 0 Å². The van der Waals surface area contributed by atoms with Crippen LogP contribution in [-0.4, -0.2) is 15.5 Å². The number of amides is 1. The molecule has 0 unspecified atom stereocenters. The highest BCUT2D eigenvalue weighted by atomic mass is 32.1. The van der Waals surface area contributed by atoms with Gasteiger partial charge in [-0.2, -0.15) is 0 Å². The molecule has 114 valence electrons. The number of fused-ring (bicyclic) bond motifs is 2. The third-order valence-corrected chi connectivity index (χ3v) is 5.05. The summed E-state index contributed by atoms with van der Waals surface area (Å²) in [4.78, 5) is 17.7. The van der Waals surface area contributed by atoms with Gasteiger partial charge in [-0.05, 0) is 29.7 Å². The summed E-state index contributed by atoms with van der Waals surface area (Å²) >= 11 is 1.51. The average Bonchev–Trinajstić information content (AvgIpc) is 3.15. The summed E-state index contributed by atoms with van der Waals surface area (Å²) in [7, 11) is 1.97. The maximum absolute atomic E-state index is 12.4. The fourth-order valence-corrected chi connectivity index (χ4v) is 3.67. The molecule has 4 nitrogen and oxygen atoms in total. The van der Waals surface area contributed by atoms with Crippen LogP contribution in [0.5, 0.6) is 0 Å². The molecule has 0 atom stereocenters. The second-order valence-electron chi connectivity index (χ2n) is 5.41. The number of thiophene rings is 1. The standard InChI is InChI=1S/C18H15N3OS/c1-21-14-8-4-3-7-13(14)20-17(21)11-19-18(22)16-10-12-6-2-5-9-15(12)23-16/h2-10H,11H2,1H3,(H,19,22). The van der Waals surface area contributed by atoms with Gasteiger partial charge in [0.25, 0.3) is 5.91 Å². The van der Waals surface area contributed by atoms with Crippen LogP contribution < -0.4 is 5.32 Å². The van der Waals surface area contributed by atoms with E-state index >= 15 is 0 Å². The molecule has 1 amide bonds. The van der Waals surface area contributed by atoms with Crippen LogP contribution in [0.2, 0.25) is 0 Å². The summed E-state index contributed by atoms with van der Waals surface area (Å²) in [6.07, 6.45) is 0. The molecule has 2 aromatic carbocycles. The summed E-state index contributed by atoms with van der Waals surface area (Å²) in [6, 6.07) is 17.9. The van der Waals surface area contributed by atoms with Gasteiger partial charge < -0.3 is 9.88 Å². The molecule has 0 radical (unpaired) electrons. The van der Waals surface area contributed by atoms with Gasteiger partial charge in [-0.25, -0.2) is 4.98 Å². The van der Waals surface area contributed by atoms with E-state index in [0.29, 0.717) is 6.54 Å². The molecule has 0 spiro atoms. The monoisotopic (exact) mass is 321 g/mol. The minimum Gasteiger partial charge on any atom is -0.344 e. The number of nitrogens with zero attached hydrogens (tertiary/aromatic N) is 2. The molecule has 1 N–H and O–H groups in total. The van der Waals surface area contributed by atoms with Crippen LogP contribution in [0.4, 0.5) is 0 Å². The van der Waals surface area contributed by atoms with Gasteiger partial charge in [-0.3, -0.25) is 4.79 Å². The average molecular weight is 321 g/mol. The molecule has 0 aliphatic heterocycles. The van der Waals surface area contributed by atoms with Gasteiger partial charge in [0.1, 0.15) is 5.82 Å². The van der Waals surface area contributed by atoms with E-state index in [2.05, 4.69) is 10.3 Å². The van der Waals surface area contributed by atoms with Gasteiger partial charge in [0, 0.05) is 11.7 Å². The number of aromatic nitrogens is 2. The molecule has 0 saturated heterocycles. The largest absolute Gasteiger partial charge is 0.344 e. The van der Waals surface area contributed by atoms with E-state index < -0.39 is 0 Å². The van der Waals surface area contributed by atoms with Crippen LogP contribution in [0.1, 0.15) is 15.5 Å². The summed E-state index contributed by atoms with van der Waals surface area (Å²) in [5, 5.41) is 4.07. The fraction of sp³-hybridized carbons (Fsp3) is 0.111. The lowest BCUT2D eigenvalue weighted by atomic mass is 10.2. The van der Waals surface area contributed by atoms with Gasteiger partial charge >= 0.3 is 0 Å². The normalized spacial score (nSPS) is 11.2. The van der Waals surface area contributed by atoms with Gasteiger partial charge in [-0.15, -0.1) is 11.3 Å². The number of carbonyl (C=O) groups is 1. The van der Waals surface area contributed by atoms with E-state index in [4.69, 9.17) is 0 Å². The van der Waals surface area contributed by atoms with Gasteiger partial charge in [0.05, 0.1) is 22.5 Å². The predicted molar refractivity (Wildman–Crippen MR) is 93.7 cm³/mol. The molecule has 2 aromatic heterocycles. The van der Waals surface area contributed by atoms with Crippen molar-refractivity contribution in [2.75, 3.05) is 0 Å². The lowest BCUT2D eigenvalue weighted by molar-refractivity contribution is 0.0954. The van der Waals surface area contributed by atoms with Crippen molar-refractivity contribution in [3.05, 3.63) is 65.3 Å². The summed E-state index contributed by atoms with van der Waals surface area (Å²) in [5.74, 6) is 0.791. The minimum absolute atomic E-state index is 0.0572. The quantitative estimate of drug-likeness (QED) is 0.625. The summed E-state index contributed by atoms with van der Waals surface area (Å²) < 4.78 is 3.14. The minimum atomic E-state index is -0.0572. The SMILES string of the molecule is Cn1c(CNC(=O)c2cc3ccccc3s2)nc2ccccc21. The van der Waals surface area contributed by atoms with E-state index in [0.717, 1.165) is 31.8 Å². The van der Waals surface area contributed by atoms with Crippen molar-refractivity contribution in [2.45, 2.75) is 6.54 Å². The van der Waals surface area contributed by atoms with Gasteiger partial charge in [0.2, 0.25) is 0 Å². The molecule has 23 heavy (non-hydrogen) atoms.